The van der Waals surface area contributed by atoms with E-state index in [0.29, 0.717) is 26.4 Å². The highest BCUT2D eigenvalue weighted by Gasteiger charge is 2.17. The minimum absolute atomic E-state index is 0.0914. The summed E-state index contributed by atoms with van der Waals surface area (Å²) >= 11 is 0. The van der Waals surface area contributed by atoms with Gasteiger partial charge in [-0.2, -0.15) is 0 Å². The highest BCUT2D eigenvalue weighted by atomic mass is 16.5. The maximum Gasteiger partial charge on any atom is 0.0742 e. The predicted octanol–water partition coefficient (Wildman–Crippen LogP) is 2.32. The lowest BCUT2D eigenvalue weighted by atomic mass is 10.0. The zero-order chi connectivity index (χ0) is 14.8. The first kappa shape index (κ1) is 17.1. The Balaban J connectivity index is 2.35. The molecular formula is C16H27NO3. The normalized spacial score (nSPS) is 14.2. The molecule has 1 rings (SSSR count). The van der Waals surface area contributed by atoms with Crippen molar-refractivity contribution in [3.05, 3.63) is 35.4 Å². The van der Waals surface area contributed by atoms with E-state index in [1.165, 1.54) is 11.1 Å². The van der Waals surface area contributed by atoms with Gasteiger partial charge in [0.25, 0.3) is 0 Å². The van der Waals surface area contributed by atoms with E-state index in [-0.39, 0.29) is 12.1 Å². The van der Waals surface area contributed by atoms with Gasteiger partial charge < -0.3 is 19.5 Å². The largest absolute Gasteiger partial charge is 0.382 e. The third-order valence-corrected chi connectivity index (χ3v) is 3.26. The SMILES string of the molecule is CNC(c1ccc(C)cc1)C(C)OCCOCCOC. The number of hydrogen-bond acceptors (Lipinski definition) is 4. The summed E-state index contributed by atoms with van der Waals surface area (Å²) in [6, 6.07) is 8.73. The molecular weight excluding hydrogens is 254 g/mol. The fourth-order valence-electron chi connectivity index (χ4n) is 2.08. The Morgan fingerprint density at radius 1 is 1.05 bits per heavy atom. The van der Waals surface area contributed by atoms with Crippen molar-refractivity contribution in [2.75, 3.05) is 40.6 Å². The first-order valence-electron chi connectivity index (χ1n) is 7.11. The zero-order valence-corrected chi connectivity index (χ0v) is 13.0. The van der Waals surface area contributed by atoms with E-state index in [1.54, 1.807) is 7.11 Å². The number of hydrogen-bond donors (Lipinski definition) is 1. The van der Waals surface area contributed by atoms with E-state index < -0.39 is 0 Å². The molecule has 0 aliphatic rings. The van der Waals surface area contributed by atoms with Crippen LogP contribution < -0.4 is 5.32 Å². The van der Waals surface area contributed by atoms with Crippen molar-refractivity contribution in [3.63, 3.8) is 0 Å². The molecule has 0 aliphatic heterocycles. The number of aryl methyl sites for hydroxylation is 1. The van der Waals surface area contributed by atoms with Gasteiger partial charge in [0.2, 0.25) is 0 Å². The van der Waals surface area contributed by atoms with Crippen molar-refractivity contribution in [1.82, 2.24) is 5.32 Å². The van der Waals surface area contributed by atoms with Gasteiger partial charge in [-0.1, -0.05) is 29.8 Å². The van der Waals surface area contributed by atoms with Crippen LogP contribution >= 0.6 is 0 Å². The summed E-state index contributed by atoms with van der Waals surface area (Å²) in [5.74, 6) is 0. The van der Waals surface area contributed by atoms with Gasteiger partial charge in [-0.3, -0.25) is 0 Å². The van der Waals surface area contributed by atoms with Gasteiger partial charge in [0.1, 0.15) is 0 Å². The lowest BCUT2D eigenvalue weighted by Gasteiger charge is -2.24. The van der Waals surface area contributed by atoms with E-state index >= 15 is 0 Å². The van der Waals surface area contributed by atoms with Crippen molar-refractivity contribution < 1.29 is 14.2 Å². The molecule has 0 spiro atoms. The molecule has 2 unspecified atom stereocenters. The highest BCUT2D eigenvalue weighted by Crippen LogP contribution is 2.19. The Morgan fingerprint density at radius 3 is 2.30 bits per heavy atom. The molecule has 0 bridgehead atoms. The molecule has 0 heterocycles. The van der Waals surface area contributed by atoms with E-state index in [1.807, 2.05) is 7.05 Å². The molecule has 0 fully saturated rings. The summed E-state index contributed by atoms with van der Waals surface area (Å²) in [7, 11) is 3.63. The van der Waals surface area contributed by atoms with Crippen LogP contribution in [0.2, 0.25) is 0 Å². The average molecular weight is 281 g/mol. The molecule has 0 amide bonds. The Morgan fingerprint density at radius 2 is 1.70 bits per heavy atom. The molecule has 0 aliphatic carbocycles. The number of benzene rings is 1. The Labute approximate surface area is 122 Å². The van der Waals surface area contributed by atoms with E-state index in [0.717, 1.165) is 0 Å². The summed E-state index contributed by atoms with van der Waals surface area (Å²) < 4.78 is 16.1. The summed E-state index contributed by atoms with van der Waals surface area (Å²) in [5.41, 5.74) is 2.51. The monoisotopic (exact) mass is 281 g/mol. The highest BCUT2D eigenvalue weighted by molar-refractivity contribution is 5.24. The van der Waals surface area contributed by atoms with Crippen molar-refractivity contribution in [1.29, 1.82) is 0 Å². The van der Waals surface area contributed by atoms with Crippen LogP contribution in [0.5, 0.6) is 0 Å². The Hall–Kier alpha value is -0.940. The van der Waals surface area contributed by atoms with Gasteiger partial charge in [0.15, 0.2) is 0 Å². The molecule has 1 N–H and O–H groups in total. The van der Waals surface area contributed by atoms with Crippen LogP contribution in [-0.2, 0) is 14.2 Å². The van der Waals surface area contributed by atoms with Crippen molar-refractivity contribution >= 4 is 0 Å². The van der Waals surface area contributed by atoms with Gasteiger partial charge in [0.05, 0.1) is 38.6 Å². The van der Waals surface area contributed by atoms with Crippen LogP contribution in [0.25, 0.3) is 0 Å². The first-order chi connectivity index (χ1) is 9.69. The molecule has 0 radical (unpaired) electrons. The lowest BCUT2D eigenvalue weighted by molar-refractivity contribution is -0.0120. The number of nitrogens with one attached hydrogen (secondary N) is 1. The molecule has 4 nitrogen and oxygen atoms in total. The van der Waals surface area contributed by atoms with Gasteiger partial charge >= 0.3 is 0 Å². The molecule has 2 atom stereocenters. The number of ether oxygens (including phenoxy) is 3. The topological polar surface area (TPSA) is 39.7 Å². The summed E-state index contributed by atoms with van der Waals surface area (Å²) in [6.45, 7) is 6.60. The van der Waals surface area contributed by atoms with Gasteiger partial charge in [0, 0.05) is 7.11 Å². The zero-order valence-electron chi connectivity index (χ0n) is 13.0. The third-order valence-electron chi connectivity index (χ3n) is 3.26. The number of methoxy groups -OCH3 is 1. The molecule has 1 aromatic carbocycles. The maximum atomic E-state index is 5.83. The van der Waals surface area contributed by atoms with Crippen molar-refractivity contribution in [2.24, 2.45) is 0 Å². The number of rotatable bonds is 10. The van der Waals surface area contributed by atoms with Crippen molar-refractivity contribution in [3.8, 4) is 0 Å². The van der Waals surface area contributed by atoms with Crippen LogP contribution in [0.4, 0.5) is 0 Å². The van der Waals surface area contributed by atoms with Crippen LogP contribution in [-0.4, -0.2) is 46.7 Å². The van der Waals surface area contributed by atoms with E-state index in [4.69, 9.17) is 14.2 Å². The van der Waals surface area contributed by atoms with Crippen LogP contribution in [0.15, 0.2) is 24.3 Å². The van der Waals surface area contributed by atoms with Gasteiger partial charge in [-0.05, 0) is 26.5 Å². The fraction of sp³-hybridized carbons (Fsp3) is 0.625. The summed E-state index contributed by atoms with van der Waals surface area (Å²) in [5, 5.41) is 3.31. The van der Waals surface area contributed by atoms with Gasteiger partial charge in [-0.25, -0.2) is 0 Å². The van der Waals surface area contributed by atoms with Crippen LogP contribution in [0, 0.1) is 6.92 Å². The minimum Gasteiger partial charge on any atom is -0.382 e. The van der Waals surface area contributed by atoms with E-state index in [2.05, 4.69) is 43.4 Å². The molecule has 20 heavy (non-hydrogen) atoms. The Bertz CT molecular complexity index is 353. The fourth-order valence-corrected chi connectivity index (χ4v) is 2.08. The second-order valence-electron chi connectivity index (χ2n) is 4.86. The van der Waals surface area contributed by atoms with E-state index in [9.17, 15) is 0 Å². The van der Waals surface area contributed by atoms with Crippen molar-refractivity contribution in [2.45, 2.75) is 26.0 Å². The molecule has 0 saturated heterocycles. The lowest BCUT2D eigenvalue weighted by Crippen LogP contribution is -2.30. The Kier molecular flexibility index (Phi) is 8.46. The van der Waals surface area contributed by atoms with Crippen LogP contribution in [0.1, 0.15) is 24.1 Å². The second kappa shape index (κ2) is 9.88. The minimum atomic E-state index is 0.0914. The van der Waals surface area contributed by atoms with Crippen LogP contribution in [0.3, 0.4) is 0 Å². The quantitative estimate of drug-likeness (QED) is 0.668. The maximum absolute atomic E-state index is 5.83. The number of likely N-dealkylation sites (N-methyl/N-ethyl adjacent to an activating group) is 1. The summed E-state index contributed by atoms with van der Waals surface area (Å²) in [6.07, 6.45) is 0.0914. The molecule has 1 aromatic rings. The molecule has 4 heteroatoms. The third kappa shape index (κ3) is 6.01. The standard InChI is InChI=1S/C16H27NO3/c1-13-5-7-15(8-6-13)16(17-3)14(2)20-12-11-19-10-9-18-4/h5-8,14,16-17H,9-12H2,1-4H3. The van der Waals surface area contributed by atoms with Gasteiger partial charge in [-0.15, -0.1) is 0 Å². The first-order valence-corrected chi connectivity index (χ1v) is 7.11. The molecule has 0 aromatic heterocycles. The molecule has 0 saturated carbocycles. The molecule has 114 valence electrons. The second-order valence-corrected chi connectivity index (χ2v) is 4.86. The smallest absolute Gasteiger partial charge is 0.0742 e. The predicted molar refractivity (Wildman–Crippen MR) is 81.1 cm³/mol. The summed E-state index contributed by atoms with van der Waals surface area (Å²) in [4.78, 5) is 0. The average Bonchev–Trinajstić information content (AvgIpc) is 2.45.